The number of benzene rings is 1. The number of hydrogen-bond acceptors (Lipinski definition) is 6. The lowest BCUT2D eigenvalue weighted by atomic mass is 9.94. The smallest absolute Gasteiger partial charge is 0.272 e. The molecule has 0 spiro atoms. The van der Waals surface area contributed by atoms with Crippen molar-refractivity contribution in [3.63, 3.8) is 0 Å². The summed E-state index contributed by atoms with van der Waals surface area (Å²) in [6, 6.07) is 5.07. The maximum Gasteiger partial charge on any atom is 0.272 e. The van der Waals surface area contributed by atoms with Crippen molar-refractivity contribution in [2.24, 2.45) is 11.5 Å². The largest absolute Gasteiger partial charge is 0.369 e. The van der Waals surface area contributed by atoms with Gasteiger partial charge in [0.25, 0.3) is 15.6 Å². The quantitative estimate of drug-likeness (QED) is 0.131. The zero-order chi connectivity index (χ0) is 23.3. The molecule has 1 aromatic heterocycles. The summed E-state index contributed by atoms with van der Waals surface area (Å²) in [5, 5.41) is 7.20. The van der Waals surface area contributed by atoms with E-state index in [-0.39, 0.29) is 39.2 Å². The maximum absolute atomic E-state index is 12.8. The number of aromatic amines is 1. The van der Waals surface area contributed by atoms with Crippen molar-refractivity contribution < 1.29 is 18.0 Å². The Labute approximate surface area is 187 Å². The highest BCUT2D eigenvalue weighted by Gasteiger charge is 2.27. The van der Waals surface area contributed by atoms with Gasteiger partial charge in [-0.15, -0.1) is 0 Å². The number of nitrogens with two attached hydrogens (primary N) is 2. The van der Waals surface area contributed by atoms with Gasteiger partial charge < -0.3 is 16.5 Å². The van der Waals surface area contributed by atoms with E-state index in [4.69, 9.17) is 44.9 Å². The fourth-order valence-corrected chi connectivity index (χ4v) is 4.17. The lowest BCUT2D eigenvalue weighted by molar-refractivity contribution is -0.120. The van der Waals surface area contributed by atoms with E-state index in [1.165, 1.54) is 18.2 Å². The Bertz CT molecular complexity index is 1170. The zero-order valence-corrected chi connectivity index (χ0v) is 18.5. The van der Waals surface area contributed by atoms with Gasteiger partial charge in [-0.3, -0.25) is 24.6 Å². The van der Waals surface area contributed by atoms with Crippen LogP contribution in [0.3, 0.4) is 0 Å². The Morgan fingerprint density at radius 3 is 2.52 bits per heavy atom. The first-order valence-corrected chi connectivity index (χ1v) is 10.9. The van der Waals surface area contributed by atoms with Crippen LogP contribution in [0, 0.1) is 12.3 Å². The lowest BCUT2D eigenvalue weighted by Crippen LogP contribution is -2.32. The average Bonchev–Trinajstić information content (AvgIpc) is 2.65. The minimum atomic E-state index is -4.26. The number of carbonyl (C=O) groups is 1. The number of primary amides is 1. The van der Waals surface area contributed by atoms with E-state index < -0.39 is 33.4 Å². The molecular weight excluding hydrogens is 471 g/mol. The predicted octanol–water partition coefficient (Wildman–Crippen LogP) is 1.16. The Balaban J connectivity index is 2.45. The second kappa shape index (κ2) is 10.0. The van der Waals surface area contributed by atoms with Crippen LogP contribution in [0.1, 0.15) is 23.6 Å². The summed E-state index contributed by atoms with van der Waals surface area (Å²) in [5.74, 6) is -2.34. The zero-order valence-electron chi connectivity index (χ0n) is 16.2. The molecule has 0 fully saturated rings. The second-order valence-electron chi connectivity index (χ2n) is 6.40. The number of aryl methyl sites for hydroxylation is 1. The molecule has 0 aliphatic heterocycles. The van der Waals surface area contributed by atoms with Crippen molar-refractivity contribution in [3.05, 3.63) is 55.9 Å². The third kappa shape index (κ3) is 6.34. The van der Waals surface area contributed by atoms with E-state index in [2.05, 4.69) is 15.2 Å². The van der Waals surface area contributed by atoms with Crippen LogP contribution in [0.15, 0.2) is 34.0 Å². The molecule has 0 saturated heterocycles. The highest BCUT2D eigenvalue weighted by molar-refractivity contribution is 7.92. The molecule has 168 valence electrons. The summed E-state index contributed by atoms with van der Waals surface area (Å²) in [6.45, 7) is 1.45. The highest BCUT2D eigenvalue weighted by atomic mass is 35.5. The van der Waals surface area contributed by atoms with Gasteiger partial charge in [-0.1, -0.05) is 23.2 Å². The number of rotatable bonds is 9. The summed E-state index contributed by atoms with van der Waals surface area (Å²) in [7, 11) is -4.26. The summed E-state index contributed by atoms with van der Waals surface area (Å²) < 4.78 is 27.9. The number of halogens is 2. The number of hydrogen-bond donors (Lipinski definition) is 6. The van der Waals surface area contributed by atoms with Crippen molar-refractivity contribution in [1.82, 2.24) is 10.5 Å². The molecule has 31 heavy (non-hydrogen) atoms. The van der Waals surface area contributed by atoms with E-state index in [0.717, 1.165) is 6.07 Å². The van der Waals surface area contributed by atoms with Gasteiger partial charge in [0, 0.05) is 5.69 Å². The van der Waals surface area contributed by atoms with Crippen LogP contribution >= 0.6 is 23.2 Å². The fourth-order valence-electron chi connectivity index (χ4n) is 2.69. The Morgan fingerprint density at radius 2 is 1.94 bits per heavy atom. The molecule has 14 heteroatoms. The number of amides is 1. The highest BCUT2D eigenvalue weighted by Crippen LogP contribution is 2.29. The van der Waals surface area contributed by atoms with Gasteiger partial charge >= 0.3 is 0 Å². The molecule has 2 rings (SSSR count). The van der Waals surface area contributed by atoms with Gasteiger partial charge in [0.05, 0.1) is 27.5 Å². The number of aromatic nitrogens is 1. The number of H-pyrrole nitrogens is 1. The summed E-state index contributed by atoms with van der Waals surface area (Å²) in [5.41, 5.74) is 12.0. The van der Waals surface area contributed by atoms with E-state index >= 15 is 0 Å². The van der Waals surface area contributed by atoms with Crippen LogP contribution in [0.4, 0.5) is 5.69 Å². The monoisotopic (exact) mass is 490 g/mol. The first-order valence-electron chi connectivity index (χ1n) is 8.65. The van der Waals surface area contributed by atoms with Gasteiger partial charge in [0.2, 0.25) is 11.9 Å². The topological polar surface area (TPSA) is 193 Å². The number of hydroxylamine groups is 1. The Morgan fingerprint density at radius 1 is 1.26 bits per heavy atom. The van der Waals surface area contributed by atoms with Gasteiger partial charge in [0.1, 0.15) is 5.69 Å². The number of pyridine rings is 1. The molecule has 0 radical (unpaired) electrons. The van der Waals surface area contributed by atoms with Gasteiger partial charge in [-0.05, 0) is 43.2 Å². The van der Waals surface area contributed by atoms with Crippen molar-refractivity contribution >= 4 is 50.8 Å². The molecule has 0 bridgehead atoms. The molecule has 8 N–H and O–H groups in total. The molecule has 1 heterocycles. The normalized spacial score (nSPS) is 12.2. The molecular formula is C17H20Cl2N6O5S. The summed E-state index contributed by atoms with van der Waals surface area (Å²) in [4.78, 5) is 31.8. The van der Waals surface area contributed by atoms with E-state index in [1.807, 2.05) is 0 Å². The molecule has 11 nitrogen and oxygen atoms in total. The van der Waals surface area contributed by atoms with Crippen molar-refractivity contribution in [2.75, 3.05) is 11.3 Å². The molecule has 0 saturated carbocycles. The number of sulfonamides is 1. The van der Waals surface area contributed by atoms with E-state index in [1.54, 1.807) is 6.92 Å². The Hall–Kier alpha value is -2.80. The molecule has 2 aromatic rings. The lowest BCUT2D eigenvalue weighted by Gasteiger charge is -2.19. The minimum absolute atomic E-state index is 0.00714. The van der Waals surface area contributed by atoms with Crippen molar-refractivity contribution in [1.29, 1.82) is 5.41 Å². The third-order valence-corrected chi connectivity index (χ3v) is 6.13. The van der Waals surface area contributed by atoms with Crippen LogP contribution in [-0.4, -0.2) is 31.9 Å². The second-order valence-corrected chi connectivity index (χ2v) is 8.90. The molecule has 1 atom stereocenters. The van der Waals surface area contributed by atoms with Crippen LogP contribution in [0.25, 0.3) is 0 Å². The minimum Gasteiger partial charge on any atom is -0.369 e. The summed E-state index contributed by atoms with van der Waals surface area (Å²) >= 11 is 11.7. The SMILES string of the molecule is Cc1cc(C(CCONC(=N)N)C(N)=O)c(NS(=O)(=O)c2ccc(Cl)c(Cl)c2)c(=O)[nH]1. The van der Waals surface area contributed by atoms with E-state index in [0.29, 0.717) is 5.69 Å². The fraction of sp³-hybridized carbons (Fsp3) is 0.235. The van der Waals surface area contributed by atoms with Gasteiger partial charge in [-0.2, -0.15) is 0 Å². The van der Waals surface area contributed by atoms with Crippen LogP contribution in [-0.2, 0) is 19.7 Å². The average molecular weight is 491 g/mol. The summed E-state index contributed by atoms with van der Waals surface area (Å²) in [6.07, 6.45) is -0.0278. The third-order valence-electron chi connectivity index (χ3n) is 4.05. The number of nitrogens with one attached hydrogen (secondary N) is 4. The first-order chi connectivity index (χ1) is 14.4. The van der Waals surface area contributed by atoms with Crippen LogP contribution in [0.5, 0.6) is 0 Å². The van der Waals surface area contributed by atoms with E-state index in [9.17, 15) is 18.0 Å². The molecule has 0 aliphatic carbocycles. The molecule has 1 unspecified atom stereocenters. The van der Waals surface area contributed by atoms with Gasteiger partial charge in [0.15, 0.2) is 0 Å². The standard InChI is InChI=1S/C17H20Cl2N6O5S/c1-8-6-11(10(15(20)26)4-5-30-24-17(21)22)14(16(27)23-8)25-31(28,29)9-2-3-12(18)13(19)7-9/h2-3,6-7,10,25H,4-5H2,1H3,(H2,20,26)(H,23,27)(H4,21,22,24). The number of guanidine groups is 1. The first kappa shape index (κ1) is 24.5. The van der Waals surface area contributed by atoms with Crippen molar-refractivity contribution in [3.8, 4) is 0 Å². The number of anilines is 1. The van der Waals surface area contributed by atoms with Crippen molar-refractivity contribution in [2.45, 2.75) is 24.2 Å². The predicted molar refractivity (Wildman–Crippen MR) is 117 cm³/mol. The number of carbonyl (C=O) groups excluding carboxylic acids is 1. The van der Waals surface area contributed by atoms with Crippen LogP contribution < -0.4 is 27.2 Å². The Kier molecular flexibility index (Phi) is 7.90. The van der Waals surface area contributed by atoms with Crippen LogP contribution in [0.2, 0.25) is 10.0 Å². The maximum atomic E-state index is 12.8. The molecule has 1 aromatic carbocycles. The van der Waals surface area contributed by atoms with Gasteiger partial charge in [-0.25, -0.2) is 13.9 Å². The molecule has 0 aliphatic rings. The molecule has 1 amide bonds.